The van der Waals surface area contributed by atoms with E-state index in [0.717, 1.165) is 132 Å². The number of rotatable bonds is 8. The number of likely N-dealkylation sites (tertiary alicyclic amines) is 2. The molecule has 2 aromatic carbocycles. The fraction of sp³-hybridized carbons (Fsp3) is 0.542. The average Bonchev–Trinajstić information content (AvgIpc) is 3.72. The van der Waals surface area contributed by atoms with Crippen LogP contribution in [0.4, 0.5) is 11.8 Å². The molecule has 15 nitrogen and oxygen atoms in total. The summed E-state index contributed by atoms with van der Waals surface area (Å²) in [7, 11) is 0. The van der Waals surface area contributed by atoms with E-state index in [1.807, 2.05) is 13.8 Å². The molecule has 3 saturated heterocycles. The highest BCUT2D eigenvalue weighted by atomic mass is 16.5. The number of nitrogens with zero attached hydrogens (tertiary/aromatic N) is 9. The maximum absolute atomic E-state index is 13.9. The van der Waals surface area contributed by atoms with Gasteiger partial charge in [0.2, 0.25) is 11.9 Å². The quantitative estimate of drug-likeness (QED) is 0.214. The molecule has 1 spiro atoms. The van der Waals surface area contributed by atoms with Gasteiger partial charge >= 0.3 is 0 Å². The van der Waals surface area contributed by atoms with Crippen LogP contribution in [0.15, 0.2) is 42.7 Å². The van der Waals surface area contributed by atoms with Gasteiger partial charge in [-0.15, -0.1) is 0 Å². The number of fused-ring (bicyclic) bond motifs is 2. The first-order valence-electron chi connectivity index (χ1n) is 23.0. The van der Waals surface area contributed by atoms with Crippen LogP contribution in [-0.4, -0.2) is 127 Å². The number of phenols is 2. The Morgan fingerprint density at radius 2 is 1.59 bits per heavy atom. The molecule has 4 aromatic rings. The Balaban J connectivity index is 0.694. The third-order valence-electron chi connectivity index (χ3n) is 14.8. The van der Waals surface area contributed by atoms with Gasteiger partial charge in [-0.2, -0.15) is 0 Å². The van der Waals surface area contributed by atoms with Gasteiger partial charge in [-0.05, 0) is 92.3 Å². The molecule has 6 aliphatic rings. The standard InChI is InChI=1S/C48H60N10O5/c1-30(2)38-20-39(42(60)21-41(38)59)46(62)57-25-33-4-3-31(19-34(33)26-57)24-54-13-10-48(11-14-54)28-58(29-48)45(61)32-5-7-36(8-6-32)56-12-9-37-40(27-56)52-43(35-22-50-47(49)51-23-35)53-44(37)55-15-17-63-18-16-55/h3-4,19-23,30,32,36,59-60H,5-18,24-29H2,1-2H3,(H2,49,50,51). The fourth-order valence-corrected chi connectivity index (χ4v) is 11.1. The zero-order valence-electron chi connectivity index (χ0n) is 36.6. The molecule has 4 N–H and O–H groups in total. The summed E-state index contributed by atoms with van der Waals surface area (Å²) in [6, 6.07) is 9.89. The highest BCUT2D eigenvalue weighted by molar-refractivity contribution is 5.97. The number of phenolic OH excluding ortho intramolecular Hbond substituents is 2. The number of nitrogen functional groups attached to an aromatic ring is 1. The maximum atomic E-state index is 13.9. The van der Waals surface area contributed by atoms with Crippen molar-refractivity contribution in [2.24, 2.45) is 11.3 Å². The van der Waals surface area contributed by atoms with E-state index in [9.17, 15) is 19.8 Å². The van der Waals surface area contributed by atoms with E-state index >= 15 is 0 Å². The molecule has 63 heavy (non-hydrogen) atoms. The first-order chi connectivity index (χ1) is 30.5. The monoisotopic (exact) mass is 856 g/mol. The number of hydrogen-bond donors (Lipinski definition) is 3. The van der Waals surface area contributed by atoms with Crippen LogP contribution in [0.2, 0.25) is 0 Å². The minimum absolute atomic E-state index is 0.00744. The summed E-state index contributed by atoms with van der Waals surface area (Å²) in [4.78, 5) is 57.3. The second-order valence-corrected chi connectivity index (χ2v) is 19.3. The van der Waals surface area contributed by atoms with Crippen molar-refractivity contribution in [2.75, 3.05) is 69.7 Å². The van der Waals surface area contributed by atoms with Gasteiger partial charge < -0.3 is 35.4 Å². The molecule has 332 valence electrons. The predicted octanol–water partition coefficient (Wildman–Crippen LogP) is 5.08. The topological polar surface area (TPSA) is 178 Å². The van der Waals surface area contributed by atoms with E-state index in [2.05, 4.69) is 47.8 Å². The Morgan fingerprint density at radius 3 is 2.32 bits per heavy atom. The highest BCUT2D eigenvalue weighted by Crippen LogP contribution is 2.43. The largest absolute Gasteiger partial charge is 0.508 e. The third-order valence-corrected chi connectivity index (χ3v) is 14.8. The van der Waals surface area contributed by atoms with Gasteiger partial charge in [0.15, 0.2) is 5.82 Å². The number of carbonyl (C=O) groups excluding carboxylic acids is 2. The zero-order valence-corrected chi connectivity index (χ0v) is 36.6. The molecule has 10 rings (SSSR count). The van der Waals surface area contributed by atoms with Crippen molar-refractivity contribution in [1.29, 1.82) is 0 Å². The number of carbonyl (C=O) groups is 2. The van der Waals surface area contributed by atoms with Crippen LogP contribution in [0.1, 0.15) is 102 Å². The number of nitrogens with two attached hydrogens (primary N) is 1. The van der Waals surface area contributed by atoms with Crippen LogP contribution in [0, 0.1) is 11.3 Å². The van der Waals surface area contributed by atoms with Crippen LogP contribution in [0.5, 0.6) is 11.5 Å². The Kier molecular flexibility index (Phi) is 11.2. The lowest BCUT2D eigenvalue weighted by atomic mass is 9.71. The Bertz CT molecular complexity index is 2360. The van der Waals surface area contributed by atoms with Crippen molar-refractivity contribution in [3.05, 3.63) is 81.8 Å². The van der Waals surface area contributed by atoms with Gasteiger partial charge in [-0.1, -0.05) is 32.0 Å². The molecule has 0 bridgehead atoms. The molecule has 4 fully saturated rings. The Labute approximate surface area is 369 Å². The van der Waals surface area contributed by atoms with E-state index in [1.54, 1.807) is 23.4 Å². The first-order valence-corrected chi connectivity index (χ1v) is 23.0. The van der Waals surface area contributed by atoms with E-state index < -0.39 is 0 Å². The van der Waals surface area contributed by atoms with Crippen LogP contribution in [0.3, 0.4) is 0 Å². The summed E-state index contributed by atoms with van der Waals surface area (Å²) in [5, 5.41) is 20.8. The van der Waals surface area contributed by atoms with Crippen molar-refractivity contribution in [2.45, 2.75) is 96.9 Å². The van der Waals surface area contributed by atoms with Gasteiger partial charge in [-0.25, -0.2) is 19.9 Å². The molecule has 7 heterocycles. The first kappa shape index (κ1) is 41.6. The summed E-state index contributed by atoms with van der Waals surface area (Å²) >= 11 is 0. The lowest BCUT2D eigenvalue weighted by Gasteiger charge is -2.55. The maximum Gasteiger partial charge on any atom is 0.258 e. The molecule has 0 radical (unpaired) electrons. The van der Waals surface area contributed by atoms with Crippen molar-refractivity contribution in [3.8, 4) is 22.9 Å². The lowest BCUT2D eigenvalue weighted by molar-refractivity contribution is -0.152. The van der Waals surface area contributed by atoms with E-state index in [1.165, 1.54) is 17.2 Å². The number of amides is 2. The summed E-state index contributed by atoms with van der Waals surface area (Å²) < 4.78 is 5.66. The predicted molar refractivity (Wildman–Crippen MR) is 238 cm³/mol. The van der Waals surface area contributed by atoms with Crippen molar-refractivity contribution in [3.63, 3.8) is 0 Å². The van der Waals surface area contributed by atoms with E-state index in [-0.39, 0.29) is 46.2 Å². The number of piperidine rings is 1. The molecule has 0 atom stereocenters. The number of hydrogen-bond acceptors (Lipinski definition) is 13. The number of anilines is 2. The molecule has 5 aliphatic heterocycles. The summed E-state index contributed by atoms with van der Waals surface area (Å²) in [6.07, 6.45) is 10.4. The number of aromatic hydroxyl groups is 2. The van der Waals surface area contributed by atoms with Gasteiger partial charge in [-0.3, -0.25) is 19.4 Å². The summed E-state index contributed by atoms with van der Waals surface area (Å²) in [5.41, 5.74) is 13.5. The van der Waals surface area contributed by atoms with Gasteiger partial charge in [0.05, 0.1) is 30.0 Å². The molecule has 0 unspecified atom stereocenters. The lowest BCUT2D eigenvalue weighted by Crippen LogP contribution is -2.63. The van der Waals surface area contributed by atoms with Crippen LogP contribution >= 0.6 is 0 Å². The third kappa shape index (κ3) is 8.30. The molecule has 1 saturated carbocycles. The smallest absolute Gasteiger partial charge is 0.258 e. The van der Waals surface area contributed by atoms with Crippen LogP contribution in [0.25, 0.3) is 11.4 Å². The number of morpholine rings is 1. The Hall–Kier alpha value is -5.38. The number of ether oxygens (including phenoxy) is 1. The summed E-state index contributed by atoms with van der Waals surface area (Å²) in [5.74, 6) is 1.93. The van der Waals surface area contributed by atoms with E-state index in [0.29, 0.717) is 49.6 Å². The van der Waals surface area contributed by atoms with Gasteiger partial charge in [0, 0.05) is 100 Å². The van der Waals surface area contributed by atoms with Crippen molar-refractivity contribution < 1.29 is 24.5 Å². The highest BCUT2D eigenvalue weighted by Gasteiger charge is 2.48. The van der Waals surface area contributed by atoms with Crippen molar-refractivity contribution >= 4 is 23.6 Å². The number of aromatic nitrogens is 4. The van der Waals surface area contributed by atoms with E-state index in [4.69, 9.17) is 20.4 Å². The van der Waals surface area contributed by atoms with Gasteiger partial charge in [0.25, 0.3) is 5.91 Å². The normalized spacial score (nSPS) is 22.6. The minimum Gasteiger partial charge on any atom is -0.508 e. The van der Waals surface area contributed by atoms with Gasteiger partial charge in [0.1, 0.15) is 17.3 Å². The SMILES string of the molecule is CC(C)c1cc(C(=O)N2Cc3ccc(CN4CCC5(CC4)CN(C(=O)C4CCC(N6CCc7c(nc(-c8cnc(N)nc8)nc7N7CCOCC7)C6)CC4)C5)cc3C2)c(O)cc1O. The van der Waals surface area contributed by atoms with Crippen LogP contribution in [-0.2, 0) is 42.1 Å². The molecular formula is C48H60N10O5. The molecule has 2 aromatic heterocycles. The second-order valence-electron chi connectivity index (χ2n) is 19.3. The van der Waals surface area contributed by atoms with Crippen LogP contribution < -0.4 is 10.6 Å². The molecule has 15 heteroatoms. The fourth-order valence-electron chi connectivity index (χ4n) is 11.1. The molecular weight excluding hydrogens is 797 g/mol. The molecule has 2 amide bonds. The minimum atomic E-state index is -0.227. The molecule has 1 aliphatic carbocycles. The van der Waals surface area contributed by atoms with Crippen molar-refractivity contribution in [1.82, 2.24) is 39.5 Å². The Morgan fingerprint density at radius 1 is 0.857 bits per heavy atom. The second kappa shape index (κ2) is 17.0. The average molecular weight is 857 g/mol. The summed E-state index contributed by atoms with van der Waals surface area (Å²) in [6.45, 7) is 14.3. The zero-order chi connectivity index (χ0) is 43.4. The number of benzene rings is 2.